The summed E-state index contributed by atoms with van der Waals surface area (Å²) in [6.45, 7) is 2.45. The molecule has 0 bridgehead atoms. The minimum Gasteiger partial charge on any atom is -0.481 e. The van der Waals surface area contributed by atoms with Gasteiger partial charge in [-0.3, -0.25) is 4.79 Å². The van der Waals surface area contributed by atoms with E-state index >= 15 is 0 Å². The molecule has 0 unspecified atom stereocenters. The number of carbonyl (C=O) groups is 1. The minimum atomic E-state index is -0.849. The molecule has 0 aromatic carbocycles. The first kappa shape index (κ1) is 11.8. The van der Waals surface area contributed by atoms with Gasteiger partial charge in [-0.05, 0) is 19.1 Å². The topological polar surface area (TPSA) is 68.3 Å². The number of imidazole rings is 1. The van der Waals surface area contributed by atoms with E-state index in [0.717, 1.165) is 11.5 Å². The average molecular weight is 252 g/mol. The van der Waals surface area contributed by atoms with Gasteiger partial charge in [-0.15, -0.1) is 0 Å². The summed E-state index contributed by atoms with van der Waals surface area (Å²) in [6, 6.07) is 3.80. The van der Waals surface area contributed by atoms with Gasteiger partial charge in [-0.1, -0.05) is 11.8 Å². The van der Waals surface area contributed by atoms with Crippen molar-refractivity contribution in [2.24, 2.45) is 0 Å². The number of aliphatic carboxylic acids is 1. The van der Waals surface area contributed by atoms with Crippen molar-refractivity contribution < 1.29 is 14.3 Å². The zero-order valence-corrected chi connectivity index (χ0v) is 10.1. The quantitative estimate of drug-likeness (QED) is 0.824. The van der Waals surface area contributed by atoms with Crippen LogP contribution in [-0.4, -0.2) is 26.4 Å². The zero-order chi connectivity index (χ0) is 12.3. The monoisotopic (exact) mass is 252 g/mol. The highest BCUT2D eigenvalue weighted by molar-refractivity contribution is 7.99. The van der Waals surface area contributed by atoms with Crippen LogP contribution in [0.2, 0.25) is 0 Å². The Kier molecular flexibility index (Phi) is 3.53. The van der Waals surface area contributed by atoms with Crippen LogP contribution in [0, 0.1) is 6.92 Å². The van der Waals surface area contributed by atoms with Crippen molar-refractivity contribution in [3.63, 3.8) is 0 Å². The van der Waals surface area contributed by atoms with E-state index in [1.807, 2.05) is 29.8 Å². The maximum atomic E-state index is 10.5. The number of hydrogen-bond acceptors (Lipinski definition) is 4. The molecule has 0 aliphatic rings. The second-order valence-corrected chi connectivity index (χ2v) is 4.47. The molecule has 0 saturated heterocycles. The molecule has 0 fully saturated rings. The van der Waals surface area contributed by atoms with Crippen molar-refractivity contribution in [3.8, 4) is 0 Å². The van der Waals surface area contributed by atoms with Gasteiger partial charge >= 0.3 is 5.97 Å². The fourth-order valence-corrected chi connectivity index (χ4v) is 2.10. The van der Waals surface area contributed by atoms with E-state index in [-0.39, 0.29) is 5.75 Å². The predicted octanol–water partition coefficient (Wildman–Crippen LogP) is 2.01. The number of hydrogen-bond donors (Lipinski definition) is 1. The van der Waals surface area contributed by atoms with Crippen molar-refractivity contribution in [3.05, 3.63) is 36.0 Å². The SMILES string of the molecule is Cc1ccc(Cn2ccnc2SCC(=O)O)o1. The van der Waals surface area contributed by atoms with Gasteiger partial charge in [0, 0.05) is 12.4 Å². The van der Waals surface area contributed by atoms with Crippen LogP contribution in [0.3, 0.4) is 0 Å². The number of rotatable bonds is 5. The number of carboxylic acids is 1. The van der Waals surface area contributed by atoms with Crippen LogP contribution in [0.15, 0.2) is 34.1 Å². The maximum Gasteiger partial charge on any atom is 0.313 e. The van der Waals surface area contributed by atoms with Gasteiger partial charge in [0.2, 0.25) is 0 Å². The van der Waals surface area contributed by atoms with Crippen LogP contribution in [0.1, 0.15) is 11.5 Å². The first-order valence-corrected chi connectivity index (χ1v) is 6.05. The smallest absolute Gasteiger partial charge is 0.313 e. The molecule has 6 heteroatoms. The minimum absolute atomic E-state index is 0.00813. The molecule has 90 valence electrons. The summed E-state index contributed by atoms with van der Waals surface area (Å²) in [5, 5.41) is 9.30. The van der Waals surface area contributed by atoms with Gasteiger partial charge < -0.3 is 14.1 Å². The van der Waals surface area contributed by atoms with E-state index in [0.29, 0.717) is 11.7 Å². The van der Waals surface area contributed by atoms with Crippen molar-refractivity contribution in [2.75, 3.05) is 5.75 Å². The van der Waals surface area contributed by atoms with Crippen LogP contribution < -0.4 is 0 Å². The fourth-order valence-electron chi connectivity index (χ4n) is 1.42. The second kappa shape index (κ2) is 5.09. The molecule has 0 atom stereocenters. The average Bonchev–Trinajstić information content (AvgIpc) is 2.86. The summed E-state index contributed by atoms with van der Waals surface area (Å²) in [6.07, 6.45) is 3.46. The third-order valence-corrected chi connectivity index (χ3v) is 3.11. The van der Waals surface area contributed by atoms with Crippen LogP contribution in [0.5, 0.6) is 0 Å². The van der Waals surface area contributed by atoms with E-state index < -0.39 is 5.97 Å². The Morgan fingerprint density at radius 1 is 1.59 bits per heavy atom. The molecule has 5 nitrogen and oxygen atoms in total. The van der Waals surface area contributed by atoms with Crippen LogP contribution in [0.4, 0.5) is 0 Å². The van der Waals surface area contributed by atoms with Gasteiger partial charge in [0.05, 0.1) is 12.3 Å². The fraction of sp³-hybridized carbons (Fsp3) is 0.273. The molecular weight excluding hydrogens is 240 g/mol. The largest absolute Gasteiger partial charge is 0.481 e. The highest BCUT2D eigenvalue weighted by Gasteiger charge is 2.08. The van der Waals surface area contributed by atoms with Crippen molar-refractivity contribution in [1.82, 2.24) is 9.55 Å². The van der Waals surface area contributed by atoms with Crippen molar-refractivity contribution in [1.29, 1.82) is 0 Å². The normalized spacial score (nSPS) is 10.6. The lowest BCUT2D eigenvalue weighted by atomic mass is 10.4. The van der Waals surface area contributed by atoms with Gasteiger partial charge in [-0.2, -0.15) is 0 Å². The highest BCUT2D eigenvalue weighted by Crippen LogP contribution is 2.17. The lowest BCUT2D eigenvalue weighted by Crippen LogP contribution is -2.03. The van der Waals surface area contributed by atoms with E-state index in [2.05, 4.69) is 4.98 Å². The summed E-state index contributed by atoms with van der Waals surface area (Å²) >= 11 is 1.20. The first-order valence-electron chi connectivity index (χ1n) is 5.06. The molecule has 2 aromatic heterocycles. The molecule has 17 heavy (non-hydrogen) atoms. The number of thioether (sulfide) groups is 1. The Bertz CT molecular complexity index is 518. The van der Waals surface area contributed by atoms with Crippen LogP contribution >= 0.6 is 11.8 Å². The van der Waals surface area contributed by atoms with Gasteiger partial charge in [-0.25, -0.2) is 4.98 Å². The highest BCUT2D eigenvalue weighted by atomic mass is 32.2. The Balaban J connectivity index is 2.06. The van der Waals surface area contributed by atoms with Crippen LogP contribution in [-0.2, 0) is 11.3 Å². The third kappa shape index (κ3) is 3.13. The molecule has 2 heterocycles. The number of aryl methyl sites for hydroxylation is 1. The standard InChI is InChI=1S/C11H12N2O3S/c1-8-2-3-9(16-8)6-13-5-4-12-11(13)17-7-10(14)15/h2-5H,6-7H2,1H3,(H,14,15). The molecule has 2 rings (SSSR count). The van der Waals surface area contributed by atoms with Crippen molar-refractivity contribution in [2.45, 2.75) is 18.6 Å². The maximum absolute atomic E-state index is 10.5. The Labute approximate surface area is 102 Å². The Morgan fingerprint density at radius 3 is 3.06 bits per heavy atom. The molecular formula is C11H12N2O3S. The molecule has 0 aliphatic heterocycles. The molecule has 0 aliphatic carbocycles. The molecule has 0 amide bonds. The van der Waals surface area contributed by atoms with E-state index in [1.54, 1.807) is 6.20 Å². The van der Waals surface area contributed by atoms with Gasteiger partial charge in [0.25, 0.3) is 0 Å². The first-order chi connectivity index (χ1) is 8.15. The Morgan fingerprint density at radius 2 is 2.41 bits per heavy atom. The van der Waals surface area contributed by atoms with Crippen LogP contribution in [0.25, 0.3) is 0 Å². The second-order valence-electron chi connectivity index (χ2n) is 3.53. The molecule has 0 radical (unpaired) electrons. The van der Waals surface area contributed by atoms with E-state index in [4.69, 9.17) is 9.52 Å². The lowest BCUT2D eigenvalue weighted by Gasteiger charge is -2.04. The Hall–Kier alpha value is -1.69. The molecule has 2 aromatic rings. The predicted molar refractivity (Wildman–Crippen MR) is 63.1 cm³/mol. The summed E-state index contributed by atoms with van der Waals surface area (Å²) in [7, 11) is 0. The molecule has 1 N–H and O–H groups in total. The van der Waals surface area contributed by atoms with E-state index in [9.17, 15) is 4.79 Å². The van der Waals surface area contributed by atoms with Gasteiger partial charge in [0.15, 0.2) is 5.16 Å². The molecule has 0 spiro atoms. The zero-order valence-electron chi connectivity index (χ0n) is 9.29. The number of nitrogens with zero attached hydrogens (tertiary/aromatic N) is 2. The molecule has 0 saturated carbocycles. The van der Waals surface area contributed by atoms with Crippen molar-refractivity contribution >= 4 is 17.7 Å². The van der Waals surface area contributed by atoms with E-state index in [1.165, 1.54) is 11.8 Å². The number of aromatic nitrogens is 2. The number of furan rings is 1. The summed E-state index contributed by atoms with van der Waals surface area (Å²) in [5.41, 5.74) is 0. The third-order valence-electron chi connectivity index (χ3n) is 2.12. The number of carboxylic acid groups (broad SMARTS) is 1. The summed E-state index contributed by atoms with van der Waals surface area (Å²) < 4.78 is 7.33. The summed E-state index contributed by atoms with van der Waals surface area (Å²) in [5.74, 6) is 0.852. The lowest BCUT2D eigenvalue weighted by molar-refractivity contribution is -0.133. The van der Waals surface area contributed by atoms with Gasteiger partial charge in [0.1, 0.15) is 11.5 Å². The summed E-state index contributed by atoms with van der Waals surface area (Å²) in [4.78, 5) is 14.6.